The molecule has 0 aromatic heterocycles. The fraction of sp³-hybridized carbons (Fsp3) is 0.278. The van der Waals surface area contributed by atoms with Crippen LogP contribution < -0.4 is 4.18 Å². The van der Waals surface area contributed by atoms with Crippen molar-refractivity contribution in [2.24, 2.45) is 0 Å². The normalized spacial score (nSPS) is 14.5. The third kappa shape index (κ3) is 5.13. The number of carbonyl (C=O) groups is 1. The molecule has 2 aromatic rings. The molecule has 0 bridgehead atoms. The Morgan fingerprint density at radius 1 is 1.00 bits per heavy atom. The Kier molecular flexibility index (Phi) is 7.93. The van der Waals surface area contributed by atoms with E-state index in [1.165, 1.54) is 18.2 Å². The van der Waals surface area contributed by atoms with E-state index < -0.39 is 54.3 Å². The topological polar surface area (TPSA) is 135 Å². The third-order valence-electron chi connectivity index (χ3n) is 4.34. The first-order valence-corrected chi connectivity index (χ1v) is 12.7. The lowest BCUT2D eigenvalue weighted by Gasteiger charge is -2.29. The Hall–Kier alpha value is -2.34. The zero-order chi connectivity index (χ0) is 27.0. The van der Waals surface area contributed by atoms with Gasteiger partial charge in [0.1, 0.15) is 6.10 Å². The van der Waals surface area contributed by atoms with Crippen LogP contribution in [0, 0.1) is 0 Å². The van der Waals surface area contributed by atoms with Gasteiger partial charge < -0.3 is 9.29 Å². The van der Waals surface area contributed by atoms with E-state index >= 15 is 0 Å². The summed E-state index contributed by atoms with van der Waals surface area (Å²) in [6.45, 7) is 3.20. The van der Waals surface area contributed by atoms with Crippen molar-refractivity contribution in [1.29, 1.82) is 0 Å². The van der Waals surface area contributed by atoms with Crippen molar-refractivity contribution in [3.05, 3.63) is 49.1 Å². The van der Waals surface area contributed by atoms with Crippen LogP contribution in [0.4, 0.5) is 26.3 Å². The zero-order valence-corrected chi connectivity index (χ0v) is 19.3. The molecular formula is C18H14F6O8S3. The highest BCUT2D eigenvalue weighted by atomic mass is 32.2. The Balaban J connectivity index is 2.50. The number of rotatable bonds is 11. The molecule has 17 heteroatoms. The van der Waals surface area contributed by atoms with Gasteiger partial charge in [0.2, 0.25) is 0 Å². The van der Waals surface area contributed by atoms with Crippen molar-refractivity contribution in [3.63, 3.8) is 0 Å². The van der Waals surface area contributed by atoms with Gasteiger partial charge in [-0.25, -0.2) is 0 Å². The van der Waals surface area contributed by atoms with Crippen LogP contribution in [0.15, 0.2) is 53.9 Å². The fourth-order valence-corrected chi connectivity index (χ4v) is 4.93. The average Bonchev–Trinajstić information content (AvgIpc) is 2.76. The van der Waals surface area contributed by atoms with Gasteiger partial charge in [-0.2, -0.15) is 43.2 Å². The number of hydrogen-bond acceptors (Lipinski definition) is 8. The molecule has 0 aliphatic heterocycles. The van der Waals surface area contributed by atoms with E-state index in [1.54, 1.807) is 0 Å². The van der Waals surface area contributed by atoms with Crippen LogP contribution in [0.2, 0.25) is 0 Å². The first-order valence-electron chi connectivity index (χ1n) is 8.85. The number of halogens is 6. The fourth-order valence-electron chi connectivity index (χ4n) is 2.49. The van der Waals surface area contributed by atoms with E-state index in [-0.39, 0.29) is 21.4 Å². The van der Waals surface area contributed by atoms with Crippen LogP contribution in [0.1, 0.15) is 0 Å². The maximum atomic E-state index is 14.1. The summed E-state index contributed by atoms with van der Waals surface area (Å²) in [7, 11) is -14.2. The van der Waals surface area contributed by atoms with Crippen LogP contribution in [0.3, 0.4) is 0 Å². The third-order valence-corrected chi connectivity index (χ3v) is 7.68. The quantitative estimate of drug-likeness (QED) is 0.137. The number of hydrogen-bond donors (Lipinski definition) is 2. The molecule has 0 amide bonds. The van der Waals surface area contributed by atoms with Crippen molar-refractivity contribution in [2.45, 2.75) is 27.4 Å². The van der Waals surface area contributed by atoms with Crippen LogP contribution >= 0.6 is 11.8 Å². The molecule has 0 saturated heterocycles. The Morgan fingerprint density at radius 3 is 2.06 bits per heavy atom. The number of benzene rings is 2. The minimum Gasteiger partial charge on any atom is -0.384 e. The zero-order valence-electron chi connectivity index (χ0n) is 16.9. The van der Waals surface area contributed by atoms with Crippen LogP contribution in [-0.2, 0) is 25.0 Å². The molecule has 194 valence electrons. The molecule has 0 aliphatic rings. The maximum Gasteiger partial charge on any atom is 0.450 e. The van der Waals surface area contributed by atoms with Gasteiger partial charge in [-0.3, -0.25) is 9.35 Å². The predicted octanol–water partition coefficient (Wildman–Crippen LogP) is 3.47. The van der Waals surface area contributed by atoms with Gasteiger partial charge in [-0.05, 0) is 23.6 Å². The molecule has 0 fully saturated rings. The summed E-state index contributed by atoms with van der Waals surface area (Å²) >= 11 is 0.859. The largest absolute Gasteiger partial charge is 0.450 e. The summed E-state index contributed by atoms with van der Waals surface area (Å²) in [4.78, 5) is 11.7. The number of ketones is 1. The lowest BCUT2D eigenvalue weighted by atomic mass is 10.1. The summed E-state index contributed by atoms with van der Waals surface area (Å²) in [6.07, 6.45) is -0.606. The van der Waals surface area contributed by atoms with E-state index in [9.17, 15) is 53.1 Å². The average molecular weight is 568 g/mol. The second-order valence-electron chi connectivity index (χ2n) is 6.66. The Bertz CT molecular complexity index is 1360. The highest BCUT2D eigenvalue weighted by Crippen LogP contribution is 2.51. The lowest BCUT2D eigenvalue weighted by molar-refractivity contribution is -0.247. The molecule has 1 atom stereocenters. The predicted molar refractivity (Wildman–Crippen MR) is 112 cm³/mol. The van der Waals surface area contributed by atoms with Crippen molar-refractivity contribution in [2.75, 3.05) is 5.75 Å². The molecule has 2 aromatic carbocycles. The van der Waals surface area contributed by atoms with Gasteiger partial charge in [-0.15, -0.1) is 11.8 Å². The van der Waals surface area contributed by atoms with E-state index in [2.05, 4.69) is 10.8 Å². The van der Waals surface area contributed by atoms with Crippen LogP contribution in [-0.4, -0.2) is 60.6 Å². The van der Waals surface area contributed by atoms with Gasteiger partial charge >= 0.3 is 36.7 Å². The molecule has 0 aliphatic carbocycles. The second-order valence-corrected chi connectivity index (χ2v) is 10.8. The number of aliphatic hydroxyl groups excluding tert-OH is 1. The minimum atomic E-state index is -7.17. The van der Waals surface area contributed by atoms with Gasteiger partial charge in [0, 0.05) is 16.0 Å². The molecule has 2 N–H and O–H groups in total. The van der Waals surface area contributed by atoms with E-state index in [0.717, 1.165) is 30.0 Å². The molecule has 1 unspecified atom stereocenters. The number of alkyl halides is 6. The monoisotopic (exact) mass is 568 g/mol. The summed E-state index contributed by atoms with van der Waals surface area (Å²) in [5.74, 6) is -9.09. The lowest BCUT2D eigenvalue weighted by Crippen LogP contribution is -2.61. The molecule has 0 spiro atoms. The maximum absolute atomic E-state index is 14.1. The van der Waals surface area contributed by atoms with Gasteiger partial charge in [0.15, 0.2) is 11.5 Å². The first-order chi connectivity index (χ1) is 15.8. The summed E-state index contributed by atoms with van der Waals surface area (Å²) in [5, 5.41) is -4.22. The van der Waals surface area contributed by atoms with Crippen LogP contribution in [0.5, 0.6) is 5.75 Å². The van der Waals surface area contributed by atoms with Crippen molar-refractivity contribution >= 4 is 48.6 Å². The highest BCUT2D eigenvalue weighted by molar-refractivity contribution is 7.99. The molecule has 0 heterocycles. The van der Waals surface area contributed by atoms with E-state index in [1.807, 2.05) is 0 Å². The molecule has 2 rings (SSSR count). The number of carbonyl (C=O) groups excluding carboxylic acids is 1. The standard InChI is InChI=1S/C18H14F6O8S3/c1-2-12(25)13(26)9-33-15-8-7-14(10-5-3-4-6-11(10)15)32-35(30,31)18(23,24)16(19,20)17(21,22)34(27,28)29/h2-8,13,26H,1,9H2,(H,27,28,29). The molecule has 35 heavy (non-hydrogen) atoms. The van der Waals surface area contributed by atoms with Gasteiger partial charge in [0.25, 0.3) is 0 Å². The van der Waals surface area contributed by atoms with Gasteiger partial charge in [0.05, 0.1) is 0 Å². The Morgan fingerprint density at radius 2 is 1.54 bits per heavy atom. The van der Waals surface area contributed by atoms with E-state index in [0.29, 0.717) is 6.07 Å². The van der Waals surface area contributed by atoms with Crippen molar-refractivity contribution < 1.29 is 61.8 Å². The second kappa shape index (κ2) is 9.61. The molecule has 0 radical (unpaired) electrons. The smallest absolute Gasteiger partial charge is 0.384 e. The van der Waals surface area contributed by atoms with Crippen LogP contribution in [0.25, 0.3) is 10.8 Å². The summed E-state index contributed by atoms with van der Waals surface area (Å²) in [6, 6.07) is 6.80. The number of thioether (sulfide) groups is 1. The SMILES string of the molecule is C=CC(=O)C(O)CSc1ccc(OS(=O)(=O)C(F)(F)C(F)(F)C(F)(F)S(=O)(=O)O)c2ccccc12. The molecular weight excluding hydrogens is 554 g/mol. The molecule has 0 saturated carbocycles. The Labute approximate surface area is 198 Å². The van der Waals surface area contributed by atoms with Crippen molar-refractivity contribution in [1.82, 2.24) is 0 Å². The van der Waals surface area contributed by atoms with Crippen molar-refractivity contribution in [3.8, 4) is 5.75 Å². The minimum absolute atomic E-state index is 0.0711. The number of aliphatic hydroxyl groups is 1. The first kappa shape index (κ1) is 28.9. The summed E-state index contributed by atoms with van der Waals surface area (Å²) in [5.41, 5.74) is 0. The summed E-state index contributed by atoms with van der Waals surface area (Å²) < 4.78 is 140. The highest BCUT2D eigenvalue weighted by Gasteiger charge is 2.83. The number of fused-ring (bicyclic) bond motifs is 1. The van der Waals surface area contributed by atoms with Gasteiger partial charge in [-0.1, -0.05) is 30.8 Å². The molecule has 8 nitrogen and oxygen atoms in total. The van der Waals surface area contributed by atoms with E-state index in [4.69, 9.17) is 4.55 Å².